The summed E-state index contributed by atoms with van der Waals surface area (Å²) in [6.07, 6.45) is 0.645. The third-order valence-corrected chi connectivity index (χ3v) is 4.63. The zero-order valence-corrected chi connectivity index (χ0v) is 13.7. The summed E-state index contributed by atoms with van der Waals surface area (Å²) in [5.41, 5.74) is 0.980. The van der Waals surface area contributed by atoms with Crippen molar-refractivity contribution in [3.8, 4) is 0 Å². The zero-order valence-electron chi connectivity index (χ0n) is 12.8. The highest BCUT2D eigenvalue weighted by Crippen LogP contribution is 2.15. The molecule has 2 rings (SSSR count). The monoisotopic (exact) mass is 324 g/mol. The molecule has 1 aromatic carbocycles. The van der Waals surface area contributed by atoms with Crippen LogP contribution in [-0.2, 0) is 16.0 Å². The lowest BCUT2D eigenvalue weighted by Crippen LogP contribution is -2.45. The average molecular weight is 324 g/mol. The number of benzene rings is 1. The first-order chi connectivity index (χ1) is 10.5. The maximum atomic E-state index is 12.9. The summed E-state index contributed by atoms with van der Waals surface area (Å²) >= 11 is 1.52. The fourth-order valence-corrected chi connectivity index (χ4v) is 3.20. The van der Waals surface area contributed by atoms with Crippen LogP contribution in [0.1, 0.15) is 19.4 Å². The highest BCUT2D eigenvalue weighted by molar-refractivity contribution is 8.00. The molecule has 22 heavy (non-hydrogen) atoms. The molecule has 1 unspecified atom stereocenters. The summed E-state index contributed by atoms with van der Waals surface area (Å²) in [7, 11) is 0. The molecule has 1 atom stereocenters. The second kappa shape index (κ2) is 7.63. The van der Waals surface area contributed by atoms with E-state index in [0.717, 1.165) is 5.56 Å². The van der Waals surface area contributed by atoms with E-state index >= 15 is 0 Å². The Morgan fingerprint density at radius 2 is 2.05 bits per heavy atom. The van der Waals surface area contributed by atoms with Gasteiger partial charge in [-0.15, -0.1) is 11.8 Å². The first-order valence-electron chi connectivity index (χ1n) is 7.35. The van der Waals surface area contributed by atoms with Crippen molar-refractivity contribution in [3.63, 3.8) is 0 Å². The summed E-state index contributed by atoms with van der Waals surface area (Å²) in [5.74, 6) is 0.889. The highest BCUT2D eigenvalue weighted by Gasteiger charge is 2.24. The van der Waals surface area contributed by atoms with Crippen LogP contribution in [0.5, 0.6) is 0 Å². The average Bonchev–Trinajstić information content (AvgIpc) is 2.85. The molecule has 0 bridgehead atoms. The number of hydrogen-bond acceptors (Lipinski definition) is 3. The van der Waals surface area contributed by atoms with Gasteiger partial charge in [0.2, 0.25) is 11.8 Å². The molecule has 120 valence electrons. The number of rotatable bonds is 6. The van der Waals surface area contributed by atoms with Crippen LogP contribution >= 0.6 is 11.8 Å². The first-order valence-corrected chi connectivity index (χ1v) is 8.50. The van der Waals surface area contributed by atoms with Crippen LogP contribution in [0.15, 0.2) is 24.3 Å². The van der Waals surface area contributed by atoms with Gasteiger partial charge in [-0.1, -0.05) is 26.0 Å². The lowest BCUT2D eigenvalue weighted by molar-refractivity contribution is -0.132. The molecule has 0 saturated carbocycles. The second-order valence-corrected chi connectivity index (χ2v) is 6.77. The molecule has 4 nitrogen and oxygen atoms in total. The Bertz CT molecular complexity index is 533. The molecule has 1 aliphatic rings. The Kier molecular flexibility index (Phi) is 5.83. The van der Waals surface area contributed by atoms with E-state index in [2.05, 4.69) is 5.32 Å². The van der Waals surface area contributed by atoms with Crippen molar-refractivity contribution >= 4 is 23.6 Å². The lowest BCUT2D eigenvalue weighted by Gasteiger charge is -2.24. The molecule has 1 N–H and O–H groups in total. The Labute approximate surface area is 134 Å². The fraction of sp³-hybridized carbons (Fsp3) is 0.500. The quantitative estimate of drug-likeness (QED) is 0.871. The van der Waals surface area contributed by atoms with Crippen molar-refractivity contribution in [1.82, 2.24) is 10.2 Å². The van der Waals surface area contributed by atoms with Gasteiger partial charge < -0.3 is 10.2 Å². The van der Waals surface area contributed by atoms with E-state index in [1.165, 1.54) is 23.9 Å². The number of nitrogens with one attached hydrogen (secondary N) is 1. The summed E-state index contributed by atoms with van der Waals surface area (Å²) in [4.78, 5) is 25.2. The van der Waals surface area contributed by atoms with Gasteiger partial charge in [0, 0.05) is 6.04 Å². The van der Waals surface area contributed by atoms with Crippen molar-refractivity contribution in [2.24, 2.45) is 5.92 Å². The van der Waals surface area contributed by atoms with Crippen LogP contribution in [0.2, 0.25) is 0 Å². The maximum absolute atomic E-state index is 12.9. The molecule has 0 aliphatic carbocycles. The first kappa shape index (κ1) is 16.8. The molecule has 1 aromatic rings. The lowest BCUT2D eigenvalue weighted by atomic mass is 9.96. The van der Waals surface area contributed by atoms with Gasteiger partial charge in [-0.05, 0) is 30.0 Å². The Hall–Kier alpha value is -1.56. The van der Waals surface area contributed by atoms with Gasteiger partial charge in [-0.25, -0.2) is 4.39 Å². The van der Waals surface area contributed by atoms with E-state index in [-0.39, 0.29) is 36.1 Å². The smallest absolute Gasteiger partial charge is 0.239 e. The van der Waals surface area contributed by atoms with Crippen LogP contribution in [0.4, 0.5) is 4.39 Å². The molecule has 1 heterocycles. The van der Waals surface area contributed by atoms with E-state index in [9.17, 15) is 14.0 Å². The van der Waals surface area contributed by atoms with Crippen LogP contribution in [0.3, 0.4) is 0 Å². The van der Waals surface area contributed by atoms with Crippen LogP contribution in [-0.4, -0.2) is 40.9 Å². The van der Waals surface area contributed by atoms with E-state index in [1.807, 2.05) is 13.8 Å². The van der Waals surface area contributed by atoms with Crippen LogP contribution in [0, 0.1) is 11.7 Å². The van der Waals surface area contributed by atoms with Crippen molar-refractivity contribution in [1.29, 1.82) is 0 Å². The van der Waals surface area contributed by atoms with E-state index < -0.39 is 0 Å². The van der Waals surface area contributed by atoms with Crippen LogP contribution < -0.4 is 5.32 Å². The summed E-state index contributed by atoms with van der Waals surface area (Å²) < 4.78 is 12.9. The number of carbonyl (C=O) groups excluding carboxylic acids is 2. The predicted molar refractivity (Wildman–Crippen MR) is 85.9 cm³/mol. The number of nitrogens with zero attached hydrogens (tertiary/aromatic N) is 1. The van der Waals surface area contributed by atoms with Crippen molar-refractivity contribution in [2.75, 3.05) is 18.2 Å². The minimum Gasteiger partial charge on any atom is -0.351 e. The number of carbonyl (C=O) groups is 2. The third kappa shape index (κ3) is 4.73. The van der Waals surface area contributed by atoms with Gasteiger partial charge in [0.25, 0.3) is 0 Å². The molecular weight excluding hydrogens is 303 g/mol. The molecule has 0 aromatic heterocycles. The molecule has 0 radical (unpaired) electrons. The van der Waals surface area contributed by atoms with Crippen LogP contribution in [0.25, 0.3) is 0 Å². The summed E-state index contributed by atoms with van der Waals surface area (Å²) in [5, 5.41) is 2.99. The number of amides is 2. The largest absolute Gasteiger partial charge is 0.351 e. The molecule has 0 spiro atoms. The highest BCUT2D eigenvalue weighted by atomic mass is 32.2. The van der Waals surface area contributed by atoms with Gasteiger partial charge in [0.05, 0.1) is 11.6 Å². The number of thioether (sulfide) groups is 1. The molecule has 1 aliphatic heterocycles. The van der Waals surface area contributed by atoms with Gasteiger partial charge in [0.15, 0.2) is 0 Å². The second-order valence-electron chi connectivity index (χ2n) is 5.82. The fourth-order valence-electron chi connectivity index (χ4n) is 2.29. The van der Waals surface area contributed by atoms with Gasteiger partial charge in [-0.2, -0.15) is 0 Å². The Morgan fingerprint density at radius 3 is 2.59 bits per heavy atom. The molecule has 1 saturated heterocycles. The summed E-state index contributed by atoms with van der Waals surface area (Å²) in [6, 6.07) is 6.28. The molecule has 2 amide bonds. The Morgan fingerprint density at radius 1 is 1.36 bits per heavy atom. The van der Waals surface area contributed by atoms with Crippen molar-refractivity contribution in [2.45, 2.75) is 26.3 Å². The van der Waals surface area contributed by atoms with E-state index in [1.54, 1.807) is 17.0 Å². The normalized spacial score (nSPS) is 16.2. The zero-order chi connectivity index (χ0) is 16.1. The minimum atomic E-state index is -0.265. The molecule has 6 heteroatoms. The van der Waals surface area contributed by atoms with Gasteiger partial charge >= 0.3 is 0 Å². The van der Waals surface area contributed by atoms with Crippen molar-refractivity contribution in [3.05, 3.63) is 35.6 Å². The third-order valence-electron chi connectivity index (χ3n) is 3.68. The number of hydrogen-bond donors (Lipinski definition) is 1. The van der Waals surface area contributed by atoms with Gasteiger partial charge in [-0.3, -0.25) is 9.59 Å². The summed E-state index contributed by atoms with van der Waals surface area (Å²) in [6.45, 7) is 4.18. The molecule has 1 fully saturated rings. The minimum absolute atomic E-state index is 0.0137. The van der Waals surface area contributed by atoms with E-state index in [0.29, 0.717) is 18.1 Å². The van der Waals surface area contributed by atoms with Crippen molar-refractivity contribution < 1.29 is 14.0 Å². The van der Waals surface area contributed by atoms with E-state index in [4.69, 9.17) is 0 Å². The number of halogens is 1. The SMILES string of the molecule is CC(C)C(Cc1ccc(F)cc1)NC(=O)CN1CSCC1=O. The topological polar surface area (TPSA) is 49.4 Å². The van der Waals surface area contributed by atoms with Gasteiger partial charge in [0.1, 0.15) is 12.4 Å². The standard InChI is InChI=1S/C16H21FN2O2S/c1-11(2)14(7-12-3-5-13(17)6-4-12)18-15(20)8-19-10-22-9-16(19)21/h3-6,11,14H,7-10H2,1-2H3,(H,18,20). The Balaban J connectivity index is 1.91. The predicted octanol–water partition coefficient (Wildman–Crippen LogP) is 2.04. The maximum Gasteiger partial charge on any atom is 0.239 e. The molecular formula is C16H21FN2O2S.